The maximum atomic E-state index is 10.9. The van der Waals surface area contributed by atoms with Crippen molar-refractivity contribution >= 4 is 16.9 Å². The third-order valence-electron chi connectivity index (χ3n) is 3.09. The van der Waals surface area contributed by atoms with Gasteiger partial charge in [0.1, 0.15) is 11.4 Å². The lowest BCUT2D eigenvalue weighted by molar-refractivity contribution is 0.0691. The van der Waals surface area contributed by atoms with Crippen LogP contribution < -0.4 is 4.74 Å². The van der Waals surface area contributed by atoms with E-state index in [1.54, 1.807) is 19.2 Å². The Hall–Kier alpha value is -2.69. The molecule has 0 aliphatic rings. The van der Waals surface area contributed by atoms with Gasteiger partial charge in [0.25, 0.3) is 0 Å². The summed E-state index contributed by atoms with van der Waals surface area (Å²) in [6, 6.07) is 9.02. The van der Waals surface area contributed by atoms with Crippen LogP contribution in [-0.4, -0.2) is 28.2 Å². The molecule has 0 amide bonds. The van der Waals surface area contributed by atoms with Crippen molar-refractivity contribution in [2.75, 3.05) is 7.11 Å². The number of hydrogen-bond acceptors (Lipinski definition) is 2. The normalized spacial score (nSPS) is 10.8. The van der Waals surface area contributed by atoms with Gasteiger partial charge in [0.2, 0.25) is 0 Å². The number of methoxy groups -OCH3 is 1. The van der Waals surface area contributed by atoms with Crippen LogP contribution in [0, 0.1) is 0 Å². The topological polar surface area (TPSA) is 78.1 Å². The number of aromatic nitrogens is 2. The van der Waals surface area contributed by atoms with Crippen LogP contribution in [0.5, 0.6) is 5.75 Å². The summed E-state index contributed by atoms with van der Waals surface area (Å²) in [6.45, 7) is 0. The van der Waals surface area contributed by atoms with E-state index in [9.17, 15) is 4.79 Å². The van der Waals surface area contributed by atoms with Crippen LogP contribution in [0.15, 0.2) is 36.5 Å². The molecule has 2 heterocycles. The summed E-state index contributed by atoms with van der Waals surface area (Å²) in [5.41, 5.74) is 2.74. The molecule has 19 heavy (non-hydrogen) atoms. The van der Waals surface area contributed by atoms with E-state index in [0.29, 0.717) is 0 Å². The molecule has 0 saturated carbocycles. The molecule has 0 radical (unpaired) electrons. The Labute approximate surface area is 108 Å². The van der Waals surface area contributed by atoms with Gasteiger partial charge in [-0.2, -0.15) is 0 Å². The highest BCUT2D eigenvalue weighted by Gasteiger charge is 2.13. The zero-order valence-corrected chi connectivity index (χ0v) is 10.2. The Kier molecular flexibility index (Phi) is 2.52. The van der Waals surface area contributed by atoms with E-state index in [0.717, 1.165) is 27.9 Å². The predicted molar refractivity (Wildman–Crippen MR) is 71.6 cm³/mol. The molecule has 0 aliphatic carbocycles. The van der Waals surface area contributed by atoms with E-state index in [1.807, 2.05) is 24.4 Å². The summed E-state index contributed by atoms with van der Waals surface area (Å²) in [5.74, 6) is -0.224. The molecule has 96 valence electrons. The number of carboxylic acid groups (broad SMARTS) is 1. The largest absolute Gasteiger partial charge is 0.496 e. The maximum absolute atomic E-state index is 10.9. The summed E-state index contributed by atoms with van der Waals surface area (Å²) >= 11 is 0. The summed E-state index contributed by atoms with van der Waals surface area (Å²) in [4.78, 5) is 16.9. The quantitative estimate of drug-likeness (QED) is 0.674. The minimum atomic E-state index is -0.974. The summed E-state index contributed by atoms with van der Waals surface area (Å²) < 4.78 is 5.35. The molecule has 0 spiro atoms. The van der Waals surface area contributed by atoms with Crippen LogP contribution >= 0.6 is 0 Å². The first-order chi connectivity index (χ1) is 9.20. The fourth-order valence-corrected chi connectivity index (χ4v) is 2.21. The highest BCUT2D eigenvalue weighted by Crippen LogP contribution is 2.34. The van der Waals surface area contributed by atoms with Crippen LogP contribution in [0.3, 0.4) is 0 Å². The van der Waals surface area contributed by atoms with Crippen molar-refractivity contribution in [1.29, 1.82) is 0 Å². The molecule has 0 bridgehead atoms. The molecule has 0 saturated heterocycles. The van der Waals surface area contributed by atoms with Crippen LogP contribution in [0.1, 0.15) is 10.5 Å². The van der Waals surface area contributed by atoms with Crippen molar-refractivity contribution in [3.8, 4) is 17.0 Å². The van der Waals surface area contributed by atoms with Gasteiger partial charge >= 0.3 is 5.97 Å². The fraction of sp³-hybridized carbons (Fsp3) is 0.0714. The molecular formula is C14H12N2O3. The Morgan fingerprint density at radius 2 is 2.11 bits per heavy atom. The van der Waals surface area contributed by atoms with Gasteiger partial charge in [-0.15, -0.1) is 0 Å². The van der Waals surface area contributed by atoms with E-state index in [2.05, 4.69) is 9.97 Å². The molecule has 5 heteroatoms. The van der Waals surface area contributed by atoms with Gasteiger partial charge in [-0.3, -0.25) is 0 Å². The molecule has 0 fully saturated rings. The van der Waals surface area contributed by atoms with Crippen LogP contribution in [0.2, 0.25) is 0 Å². The number of fused-ring (bicyclic) bond motifs is 1. The Morgan fingerprint density at radius 1 is 1.26 bits per heavy atom. The Bertz CT molecular complexity index is 755. The van der Waals surface area contributed by atoms with Gasteiger partial charge in [-0.25, -0.2) is 4.79 Å². The number of benzene rings is 1. The standard InChI is InChI=1S/C14H12N2O3/c1-19-12-4-2-3-10-13(12)8(7-15-10)9-5-6-11(16-9)14(17)18/h2-7,15-16H,1H3,(H,17,18). The second-order valence-corrected chi connectivity index (χ2v) is 4.18. The average molecular weight is 256 g/mol. The Balaban J connectivity index is 2.21. The number of aromatic amines is 2. The van der Waals surface area contributed by atoms with Crippen molar-refractivity contribution in [2.45, 2.75) is 0 Å². The molecular weight excluding hydrogens is 244 g/mol. The van der Waals surface area contributed by atoms with Gasteiger partial charge in [-0.05, 0) is 24.3 Å². The molecule has 1 aromatic carbocycles. The van der Waals surface area contributed by atoms with Gasteiger partial charge in [0.05, 0.1) is 12.5 Å². The first-order valence-electron chi connectivity index (χ1n) is 5.77. The first kappa shape index (κ1) is 11.4. The fourth-order valence-electron chi connectivity index (χ4n) is 2.21. The summed E-state index contributed by atoms with van der Waals surface area (Å²) in [7, 11) is 1.61. The zero-order valence-electron chi connectivity index (χ0n) is 10.2. The second kappa shape index (κ2) is 4.20. The van der Waals surface area contributed by atoms with E-state index in [-0.39, 0.29) is 5.69 Å². The third-order valence-corrected chi connectivity index (χ3v) is 3.09. The number of ether oxygens (including phenoxy) is 1. The van der Waals surface area contributed by atoms with E-state index in [1.165, 1.54) is 0 Å². The van der Waals surface area contributed by atoms with E-state index < -0.39 is 5.97 Å². The first-order valence-corrected chi connectivity index (χ1v) is 5.77. The molecule has 3 aromatic rings. The number of rotatable bonds is 3. The van der Waals surface area contributed by atoms with Crippen LogP contribution in [0.25, 0.3) is 22.2 Å². The number of carbonyl (C=O) groups is 1. The number of carboxylic acids is 1. The predicted octanol–water partition coefficient (Wildman–Crippen LogP) is 2.87. The van der Waals surface area contributed by atoms with E-state index in [4.69, 9.17) is 9.84 Å². The molecule has 3 N–H and O–H groups in total. The minimum Gasteiger partial charge on any atom is -0.496 e. The van der Waals surface area contributed by atoms with Crippen molar-refractivity contribution in [3.63, 3.8) is 0 Å². The van der Waals surface area contributed by atoms with Crippen molar-refractivity contribution < 1.29 is 14.6 Å². The number of hydrogen-bond donors (Lipinski definition) is 3. The second-order valence-electron chi connectivity index (χ2n) is 4.18. The lowest BCUT2D eigenvalue weighted by Crippen LogP contribution is -1.95. The van der Waals surface area contributed by atoms with Crippen molar-refractivity contribution in [2.24, 2.45) is 0 Å². The van der Waals surface area contributed by atoms with Crippen LogP contribution in [-0.2, 0) is 0 Å². The molecule has 5 nitrogen and oxygen atoms in total. The smallest absolute Gasteiger partial charge is 0.352 e. The molecule has 2 aromatic heterocycles. The highest BCUT2D eigenvalue weighted by atomic mass is 16.5. The van der Waals surface area contributed by atoms with Gasteiger partial charge in [0.15, 0.2) is 0 Å². The molecule has 0 aliphatic heterocycles. The minimum absolute atomic E-state index is 0.166. The zero-order chi connectivity index (χ0) is 13.4. The van der Waals surface area contributed by atoms with Gasteiger partial charge in [-0.1, -0.05) is 6.07 Å². The van der Waals surface area contributed by atoms with Crippen LogP contribution in [0.4, 0.5) is 0 Å². The maximum Gasteiger partial charge on any atom is 0.352 e. The highest BCUT2D eigenvalue weighted by molar-refractivity contribution is 6.00. The SMILES string of the molecule is COc1cccc2[nH]cc(-c3ccc(C(=O)O)[nH]3)c12. The summed E-state index contributed by atoms with van der Waals surface area (Å²) in [5, 5.41) is 9.88. The third kappa shape index (κ3) is 1.76. The molecule has 0 atom stereocenters. The van der Waals surface area contributed by atoms with Gasteiger partial charge < -0.3 is 19.8 Å². The molecule has 3 rings (SSSR count). The van der Waals surface area contributed by atoms with Gasteiger partial charge in [0, 0.05) is 23.0 Å². The lowest BCUT2D eigenvalue weighted by atomic mass is 10.1. The summed E-state index contributed by atoms with van der Waals surface area (Å²) in [6.07, 6.45) is 1.84. The molecule has 0 unspecified atom stereocenters. The van der Waals surface area contributed by atoms with Crippen molar-refractivity contribution in [1.82, 2.24) is 9.97 Å². The number of nitrogens with one attached hydrogen (secondary N) is 2. The lowest BCUT2D eigenvalue weighted by Gasteiger charge is -2.03. The average Bonchev–Trinajstić information content (AvgIpc) is 3.04. The number of H-pyrrole nitrogens is 2. The van der Waals surface area contributed by atoms with E-state index >= 15 is 0 Å². The van der Waals surface area contributed by atoms with Crippen molar-refractivity contribution in [3.05, 3.63) is 42.2 Å². The monoisotopic (exact) mass is 256 g/mol. The number of aromatic carboxylic acids is 1. The Morgan fingerprint density at radius 3 is 2.79 bits per heavy atom.